The number of carboxylic acid groups (broad SMARTS) is 1. The first kappa shape index (κ1) is 23.0. The third-order valence-corrected chi connectivity index (χ3v) is 5.53. The van der Waals surface area contributed by atoms with Crippen LogP contribution in [0.3, 0.4) is 0 Å². The summed E-state index contributed by atoms with van der Waals surface area (Å²) >= 11 is 0. The Bertz CT molecular complexity index is 1020. The van der Waals surface area contributed by atoms with E-state index in [1.165, 1.54) is 19.9 Å². The van der Waals surface area contributed by atoms with Gasteiger partial charge in [-0.15, -0.1) is 0 Å². The topological polar surface area (TPSA) is 125 Å². The summed E-state index contributed by atoms with van der Waals surface area (Å²) in [5, 5.41) is 23.2. The number of amides is 2. The average Bonchev–Trinajstić information content (AvgIpc) is 3.11. The van der Waals surface area contributed by atoms with Crippen LogP contribution < -0.4 is 10.6 Å². The number of nitrogens with one attached hydrogen (secondary N) is 2. The second-order valence-electron chi connectivity index (χ2n) is 7.84. The van der Waals surface area contributed by atoms with Gasteiger partial charge in [0.05, 0.1) is 6.61 Å². The van der Waals surface area contributed by atoms with Crippen molar-refractivity contribution >= 4 is 18.0 Å². The minimum atomic E-state index is -1.79. The molecule has 1 atom stereocenters. The van der Waals surface area contributed by atoms with Crippen LogP contribution in [-0.4, -0.2) is 53.5 Å². The number of hydrogen-bond donors (Lipinski definition) is 4. The van der Waals surface area contributed by atoms with Crippen molar-refractivity contribution in [1.29, 1.82) is 0 Å². The quantitative estimate of drug-likeness (QED) is 0.469. The van der Waals surface area contributed by atoms with Gasteiger partial charge < -0.3 is 25.6 Å². The largest absolute Gasteiger partial charge is 0.479 e. The molecule has 32 heavy (non-hydrogen) atoms. The van der Waals surface area contributed by atoms with E-state index in [1.54, 1.807) is 0 Å². The monoisotopic (exact) mass is 438 g/mol. The fraction of sp³-hybridized carbons (Fsp3) is 0.292. The Morgan fingerprint density at radius 3 is 2.16 bits per heavy atom. The summed E-state index contributed by atoms with van der Waals surface area (Å²) < 4.78 is 5.42. The number of carboxylic acids is 1. The molecule has 2 amide bonds. The van der Waals surface area contributed by atoms with E-state index in [1.807, 2.05) is 36.4 Å². The molecule has 4 N–H and O–H groups in total. The zero-order chi connectivity index (χ0) is 23.3. The van der Waals surface area contributed by atoms with Gasteiger partial charge in [0, 0.05) is 18.0 Å². The lowest BCUT2D eigenvalue weighted by atomic mass is 9.98. The van der Waals surface area contributed by atoms with Crippen LogP contribution in [0.15, 0.2) is 60.2 Å². The first-order valence-corrected chi connectivity index (χ1v) is 10.2. The normalized spacial score (nSPS) is 14.7. The Morgan fingerprint density at radius 2 is 1.62 bits per heavy atom. The highest BCUT2D eigenvalue weighted by Crippen LogP contribution is 2.44. The molecule has 0 spiro atoms. The molecule has 2 aromatic rings. The number of ether oxygens (including phenoxy) is 1. The van der Waals surface area contributed by atoms with E-state index in [-0.39, 0.29) is 24.6 Å². The number of benzene rings is 2. The number of fused-ring (bicyclic) bond motifs is 3. The van der Waals surface area contributed by atoms with Crippen LogP contribution in [0.5, 0.6) is 0 Å². The summed E-state index contributed by atoms with van der Waals surface area (Å²) in [7, 11) is 0. The van der Waals surface area contributed by atoms with Gasteiger partial charge in [-0.05, 0) is 36.1 Å². The van der Waals surface area contributed by atoms with Gasteiger partial charge in [-0.2, -0.15) is 0 Å². The van der Waals surface area contributed by atoms with Crippen LogP contribution in [0, 0.1) is 0 Å². The molecule has 1 aliphatic rings. The maximum atomic E-state index is 12.2. The molecular formula is C24H26N2O6. The number of hydrogen-bond acceptors (Lipinski definition) is 5. The molecule has 0 saturated carbocycles. The lowest BCUT2D eigenvalue weighted by Gasteiger charge is -2.23. The maximum absolute atomic E-state index is 12.2. The number of carbonyl (C=O) groups is 3. The van der Waals surface area contributed by atoms with E-state index in [0.717, 1.165) is 22.3 Å². The van der Waals surface area contributed by atoms with Crippen molar-refractivity contribution in [1.82, 2.24) is 10.6 Å². The van der Waals surface area contributed by atoms with E-state index in [0.29, 0.717) is 0 Å². The first-order chi connectivity index (χ1) is 15.3. The van der Waals surface area contributed by atoms with Crippen LogP contribution >= 0.6 is 0 Å². The standard InChI is InChI=1S/C24H26N2O6/c1-15(21(28)26-24(2,14-27)22(29)30)11-12-25-23(31)32-13-20-18-9-5-3-7-16(18)17-8-4-6-10-19(17)20/h3-11,20,27H,12-14H2,1-2H3,(H,25,31)(H,26,28)(H,29,30)/b15-11+. The molecule has 3 rings (SSSR count). The molecule has 1 aliphatic carbocycles. The summed E-state index contributed by atoms with van der Waals surface area (Å²) in [6.45, 7) is 2.14. The highest BCUT2D eigenvalue weighted by molar-refractivity contribution is 5.96. The third kappa shape index (κ3) is 4.81. The Morgan fingerprint density at radius 1 is 1.06 bits per heavy atom. The van der Waals surface area contributed by atoms with Crippen LogP contribution in [-0.2, 0) is 14.3 Å². The zero-order valence-electron chi connectivity index (χ0n) is 17.9. The molecule has 1 unspecified atom stereocenters. The molecule has 0 heterocycles. The minimum absolute atomic E-state index is 0.0266. The van der Waals surface area contributed by atoms with Gasteiger partial charge >= 0.3 is 12.1 Å². The molecule has 8 heteroatoms. The van der Waals surface area contributed by atoms with Crippen molar-refractivity contribution in [2.24, 2.45) is 0 Å². The van der Waals surface area contributed by atoms with Gasteiger partial charge in [-0.3, -0.25) is 4.79 Å². The van der Waals surface area contributed by atoms with Crippen molar-refractivity contribution in [2.75, 3.05) is 19.8 Å². The zero-order valence-corrected chi connectivity index (χ0v) is 17.9. The van der Waals surface area contributed by atoms with Crippen LogP contribution in [0.4, 0.5) is 4.79 Å². The van der Waals surface area contributed by atoms with Crippen LogP contribution in [0.2, 0.25) is 0 Å². The Hall–Kier alpha value is -3.65. The van der Waals surface area contributed by atoms with Crippen LogP contribution in [0.1, 0.15) is 30.9 Å². The molecule has 2 aromatic carbocycles. The molecule has 0 bridgehead atoms. The number of alkyl carbamates (subject to hydrolysis) is 1. The van der Waals surface area contributed by atoms with Gasteiger partial charge in [0.25, 0.3) is 0 Å². The number of aliphatic hydroxyl groups is 1. The summed E-state index contributed by atoms with van der Waals surface area (Å²) in [4.78, 5) is 35.5. The van der Waals surface area contributed by atoms with Gasteiger partial charge in [0.15, 0.2) is 5.54 Å². The summed E-state index contributed by atoms with van der Waals surface area (Å²) in [5.41, 5.74) is 2.91. The molecule has 0 saturated heterocycles. The molecule has 0 aliphatic heterocycles. The molecule has 0 radical (unpaired) electrons. The predicted molar refractivity (Wildman–Crippen MR) is 118 cm³/mol. The lowest BCUT2D eigenvalue weighted by molar-refractivity contribution is -0.148. The van der Waals surface area contributed by atoms with Gasteiger partial charge in [0.2, 0.25) is 5.91 Å². The second-order valence-corrected chi connectivity index (χ2v) is 7.84. The Balaban J connectivity index is 1.54. The minimum Gasteiger partial charge on any atom is -0.479 e. The Kier molecular flexibility index (Phi) is 6.95. The Labute approximate surface area is 185 Å². The molecule has 8 nitrogen and oxygen atoms in total. The van der Waals surface area contributed by atoms with Crippen molar-refractivity contribution in [3.8, 4) is 11.1 Å². The van der Waals surface area contributed by atoms with E-state index in [2.05, 4.69) is 22.8 Å². The lowest BCUT2D eigenvalue weighted by Crippen LogP contribution is -2.55. The third-order valence-electron chi connectivity index (χ3n) is 5.53. The molecule has 0 fully saturated rings. The summed E-state index contributed by atoms with van der Waals surface area (Å²) in [6.07, 6.45) is 0.818. The van der Waals surface area contributed by atoms with Gasteiger partial charge in [0.1, 0.15) is 6.61 Å². The number of aliphatic carboxylic acids is 1. The number of carbonyl (C=O) groups excluding carboxylic acids is 2. The summed E-state index contributed by atoms with van der Waals surface area (Å²) in [5.74, 6) is -2.06. The molecule has 0 aromatic heterocycles. The summed E-state index contributed by atoms with van der Waals surface area (Å²) in [6, 6.07) is 16.1. The predicted octanol–water partition coefficient (Wildman–Crippen LogP) is 2.42. The average molecular weight is 438 g/mol. The molecule has 168 valence electrons. The maximum Gasteiger partial charge on any atom is 0.407 e. The van der Waals surface area contributed by atoms with Crippen molar-refractivity contribution < 1.29 is 29.3 Å². The number of rotatable bonds is 8. The van der Waals surface area contributed by atoms with Crippen molar-refractivity contribution in [3.63, 3.8) is 0 Å². The highest BCUT2D eigenvalue weighted by atomic mass is 16.5. The highest BCUT2D eigenvalue weighted by Gasteiger charge is 2.34. The fourth-order valence-electron chi connectivity index (χ4n) is 3.54. The second kappa shape index (κ2) is 9.65. The molecular weight excluding hydrogens is 412 g/mol. The fourth-order valence-corrected chi connectivity index (χ4v) is 3.54. The van der Waals surface area contributed by atoms with Crippen LogP contribution in [0.25, 0.3) is 11.1 Å². The smallest absolute Gasteiger partial charge is 0.407 e. The van der Waals surface area contributed by atoms with E-state index >= 15 is 0 Å². The van der Waals surface area contributed by atoms with Gasteiger partial charge in [-0.25, -0.2) is 9.59 Å². The van der Waals surface area contributed by atoms with Gasteiger partial charge in [-0.1, -0.05) is 54.6 Å². The number of aliphatic hydroxyl groups excluding tert-OH is 1. The van der Waals surface area contributed by atoms with E-state index in [4.69, 9.17) is 9.84 Å². The SMILES string of the molecule is C/C(=C\CNC(=O)OCC1c2ccccc2-c2ccccc21)C(=O)NC(C)(CO)C(=O)O. The first-order valence-electron chi connectivity index (χ1n) is 10.2. The van der Waals surface area contributed by atoms with E-state index in [9.17, 15) is 19.5 Å². The van der Waals surface area contributed by atoms with E-state index < -0.39 is 30.1 Å². The van der Waals surface area contributed by atoms with Crippen molar-refractivity contribution in [3.05, 3.63) is 71.3 Å². The van der Waals surface area contributed by atoms with Crippen molar-refractivity contribution in [2.45, 2.75) is 25.3 Å².